The maximum absolute atomic E-state index is 9.70. The van der Waals surface area contributed by atoms with E-state index in [0.29, 0.717) is 11.7 Å². The van der Waals surface area contributed by atoms with Crippen LogP contribution >= 0.6 is 0 Å². The fourth-order valence-electron chi connectivity index (χ4n) is 3.99. The van der Waals surface area contributed by atoms with Crippen molar-refractivity contribution < 1.29 is 9.84 Å². The monoisotopic (exact) mass is 340 g/mol. The van der Waals surface area contributed by atoms with Gasteiger partial charge in [0.2, 0.25) is 0 Å². The molecule has 0 saturated carbocycles. The molecule has 0 radical (unpaired) electrons. The van der Waals surface area contributed by atoms with Gasteiger partial charge in [0.15, 0.2) is 11.5 Å². The third kappa shape index (κ3) is 4.78. The molecule has 25 heavy (non-hydrogen) atoms. The van der Waals surface area contributed by atoms with Crippen molar-refractivity contribution in [2.45, 2.75) is 58.8 Å². The minimum absolute atomic E-state index is 0. The standard InChI is InChI=1S/C22H28O2.CH4/c1-16(10-11-17-12-13-21(23)22(15-17)24-2)14-19-8-5-7-18-6-3-4-9-20(18)19;/h3-4,6,9,12-13,15-16,19,23H,5,7-8,10-11,14H2,1-2H3;1H4. The van der Waals surface area contributed by atoms with Gasteiger partial charge in [-0.15, -0.1) is 0 Å². The van der Waals surface area contributed by atoms with Crippen molar-refractivity contribution in [2.24, 2.45) is 5.92 Å². The Balaban J connectivity index is 0.00000225. The summed E-state index contributed by atoms with van der Waals surface area (Å²) in [4.78, 5) is 0. The molecule has 2 nitrogen and oxygen atoms in total. The Morgan fingerprint density at radius 1 is 1.20 bits per heavy atom. The quantitative estimate of drug-likeness (QED) is 0.687. The topological polar surface area (TPSA) is 29.5 Å². The van der Waals surface area contributed by atoms with E-state index in [1.165, 1.54) is 37.7 Å². The maximum atomic E-state index is 9.70. The second-order valence-corrected chi connectivity index (χ2v) is 7.17. The number of phenolic OH excluding ortho intramolecular Hbond substituents is 1. The number of benzene rings is 2. The molecule has 0 aromatic heterocycles. The number of aryl methyl sites for hydroxylation is 2. The second kappa shape index (κ2) is 8.94. The van der Waals surface area contributed by atoms with Gasteiger partial charge < -0.3 is 9.84 Å². The van der Waals surface area contributed by atoms with Crippen molar-refractivity contribution in [3.63, 3.8) is 0 Å². The highest BCUT2D eigenvalue weighted by atomic mass is 16.5. The van der Waals surface area contributed by atoms with E-state index in [0.717, 1.165) is 12.3 Å². The lowest BCUT2D eigenvalue weighted by Crippen LogP contribution is -2.13. The van der Waals surface area contributed by atoms with Crippen LogP contribution in [0.3, 0.4) is 0 Å². The summed E-state index contributed by atoms with van der Waals surface area (Å²) >= 11 is 0. The Hall–Kier alpha value is -1.96. The molecule has 1 aliphatic carbocycles. The summed E-state index contributed by atoms with van der Waals surface area (Å²) in [6, 6.07) is 14.7. The van der Waals surface area contributed by atoms with Crippen molar-refractivity contribution in [2.75, 3.05) is 7.11 Å². The number of hydrogen-bond acceptors (Lipinski definition) is 2. The van der Waals surface area contributed by atoms with E-state index in [2.05, 4.69) is 31.2 Å². The molecular weight excluding hydrogens is 308 g/mol. The molecule has 0 amide bonds. The predicted molar refractivity (Wildman–Crippen MR) is 106 cm³/mol. The van der Waals surface area contributed by atoms with Gasteiger partial charge in [-0.3, -0.25) is 0 Å². The average molecular weight is 341 g/mol. The normalized spacial score (nSPS) is 17.3. The first-order valence-corrected chi connectivity index (χ1v) is 9.11. The average Bonchev–Trinajstić information content (AvgIpc) is 2.61. The van der Waals surface area contributed by atoms with Crippen LogP contribution in [-0.4, -0.2) is 12.2 Å². The number of hydrogen-bond donors (Lipinski definition) is 1. The molecule has 1 aliphatic rings. The van der Waals surface area contributed by atoms with Crippen molar-refractivity contribution in [3.8, 4) is 11.5 Å². The van der Waals surface area contributed by atoms with Crippen molar-refractivity contribution in [3.05, 3.63) is 59.2 Å². The first-order chi connectivity index (χ1) is 11.7. The van der Waals surface area contributed by atoms with Gasteiger partial charge in [-0.1, -0.05) is 44.7 Å². The summed E-state index contributed by atoms with van der Waals surface area (Å²) in [6.45, 7) is 2.37. The SMILES string of the molecule is C.COc1cc(CCC(C)CC2CCCc3ccccc32)ccc1O. The zero-order valence-electron chi connectivity index (χ0n) is 14.8. The molecule has 0 fully saturated rings. The zero-order valence-corrected chi connectivity index (χ0v) is 14.8. The van der Waals surface area contributed by atoms with Gasteiger partial charge in [-0.25, -0.2) is 0 Å². The molecule has 136 valence electrons. The fourth-order valence-corrected chi connectivity index (χ4v) is 3.99. The smallest absolute Gasteiger partial charge is 0.160 e. The van der Waals surface area contributed by atoms with E-state index in [9.17, 15) is 5.11 Å². The zero-order chi connectivity index (χ0) is 16.9. The number of ether oxygens (including phenoxy) is 1. The number of rotatable bonds is 6. The number of aromatic hydroxyl groups is 1. The van der Waals surface area contributed by atoms with Gasteiger partial charge in [-0.05, 0) is 79.2 Å². The minimum Gasteiger partial charge on any atom is -0.504 e. The summed E-state index contributed by atoms with van der Waals surface area (Å²) in [5.74, 6) is 2.20. The van der Waals surface area contributed by atoms with E-state index in [4.69, 9.17) is 4.74 Å². The molecule has 1 N–H and O–H groups in total. The molecule has 2 heteroatoms. The molecule has 2 atom stereocenters. The molecule has 0 aliphatic heterocycles. The van der Waals surface area contributed by atoms with Crippen molar-refractivity contribution >= 4 is 0 Å². The van der Waals surface area contributed by atoms with E-state index in [-0.39, 0.29) is 13.2 Å². The first-order valence-electron chi connectivity index (χ1n) is 9.11. The van der Waals surface area contributed by atoms with Crippen LogP contribution in [0.2, 0.25) is 0 Å². The summed E-state index contributed by atoms with van der Waals surface area (Å²) in [6.07, 6.45) is 7.37. The lowest BCUT2D eigenvalue weighted by atomic mass is 9.77. The molecule has 0 saturated heterocycles. The van der Waals surface area contributed by atoms with E-state index < -0.39 is 0 Å². The Bertz CT molecular complexity index is 678. The van der Waals surface area contributed by atoms with Crippen LogP contribution in [0.1, 0.15) is 62.6 Å². The molecule has 0 spiro atoms. The van der Waals surface area contributed by atoms with Crippen molar-refractivity contribution in [1.82, 2.24) is 0 Å². The predicted octanol–water partition coefficient (Wildman–Crippen LogP) is 6.12. The van der Waals surface area contributed by atoms with Gasteiger partial charge in [0.05, 0.1) is 7.11 Å². The Labute approximate surface area is 152 Å². The first kappa shape index (κ1) is 19.4. The lowest BCUT2D eigenvalue weighted by Gasteiger charge is -2.27. The van der Waals surface area contributed by atoms with Crippen LogP contribution < -0.4 is 4.74 Å². The van der Waals surface area contributed by atoms with E-state index in [1.54, 1.807) is 24.3 Å². The summed E-state index contributed by atoms with van der Waals surface area (Å²) in [5.41, 5.74) is 4.38. The highest BCUT2D eigenvalue weighted by Crippen LogP contribution is 2.37. The fraction of sp³-hybridized carbons (Fsp3) is 0.478. The molecule has 2 aromatic carbocycles. The Morgan fingerprint density at radius 2 is 2.00 bits per heavy atom. The minimum atomic E-state index is 0. The molecular formula is C23H32O2. The maximum Gasteiger partial charge on any atom is 0.160 e. The Kier molecular flexibility index (Phi) is 6.92. The molecule has 3 rings (SSSR count). The highest BCUT2D eigenvalue weighted by Gasteiger charge is 2.21. The van der Waals surface area contributed by atoms with Crippen LogP contribution in [0.15, 0.2) is 42.5 Å². The van der Waals surface area contributed by atoms with Crippen LogP contribution in [0, 0.1) is 5.92 Å². The van der Waals surface area contributed by atoms with Crippen LogP contribution in [0.25, 0.3) is 0 Å². The van der Waals surface area contributed by atoms with Gasteiger partial charge in [0.1, 0.15) is 0 Å². The van der Waals surface area contributed by atoms with E-state index in [1.807, 2.05) is 12.1 Å². The van der Waals surface area contributed by atoms with Gasteiger partial charge >= 0.3 is 0 Å². The summed E-state index contributed by atoms with van der Waals surface area (Å²) in [7, 11) is 1.60. The third-order valence-electron chi connectivity index (χ3n) is 5.35. The number of methoxy groups -OCH3 is 1. The molecule has 0 bridgehead atoms. The van der Waals surface area contributed by atoms with Crippen LogP contribution in [-0.2, 0) is 12.8 Å². The summed E-state index contributed by atoms with van der Waals surface area (Å²) < 4.78 is 5.20. The highest BCUT2D eigenvalue weighted by molar-refractivity contribution is 5.41. The molecule has 2 unspecified atom stereocenters. The largest absolute Gasteiger partial charge is 0.504 e. The molecule has 2 aromatic rings. The molecule has 0 heterocycles. The van der Waals surface area contributed by atoms with Gasteiger partial charge in [0, 0.05) is 0 Å². The number of fused-ring (bicyclic) bond motifs is 1. The van der Waals surface area contributed by atoms with Gasteiger partial charge in [0.25, 0.3) is 0 Å². The van der Waals surface area contributed by atoms with Crippen LogP contribution in [0.5, 0.6) is 11.5 Å². The Morgan fingerprint density at radius 3 is 2.80 bits per heavy atom. The lowest BCUT2D eigenvalue weighted by molar-refractivity contribution is 0.372. The third-order valence-corrected chi connectivity index (χ3v) is 5.35. The summed E-state index contributed by atoms with van der Waals surface area (Å²) in [5, 5.41) is 9.70. The van der Waals surface area contributed by atoms with Crippen molar-refractivity contribution in [1.29, 1.82) is 0 Å². The second-order valence-electron chi connectivity index (χ2n) is 7.17. The van der Waals surface area contributed by atoms with Crippen LogP contribution in [0.4, 0.5) is 0 Å². The number of phenols is 1. The van der Waals surface area contributed by atoms with E-state index >= 15 is 0 Å². The van der Waals surface area contributed by atoms with Gasteiger partial charge in [-0.2, -0.15) is 0 Å².